The highest BCUT2D eigenvalue weighted by atomic mass is 35.5. The Morgan fingerprint density at radius 3 is 2.20 bits per heavy atom. The number of ether oxygens (including phenoxy) is 1. The zero-order valence-corrected chi connectivity index (χ0v) is 28.4. The van der Waals surface area contributed by atoms with Crippen LogP contribution in [-0.2, 0) is 32.6 Å². The SMILES string of the molecule is CCCNC(=O)[C@H](Cc1ccccc1)N(Cc1ccc(Cl)c(Cl)c1)C(=O)CN(c1cccc(Cl)c1)S(=O)(=O)c1ccc(OC)cc1. The van der Waals surface area contributed by atoms with E-state index in [2.05, 4.69) is 5.32 Å². The van der Waals surface area contributed by atoms with Gasteiger partial charge in [0, 0.05) is 24.5 Å². The van der Waals surface area contributed by atoms with Crippen molar-refractivity contribution in [2.45, 2.75) is 37.2 Å². The van der Waals surface area contributed by atoms with Gasteiger partial charge in [-0.2, -0.15) is 0 Å². The van der Waals surface area contributed by atoms with E-state index in [9.17, 15) is 18.0 Å². The molecule has 0 spiro atoms. The van der Waals surface area contributed by atoms with E-state index in [0.29, 0.717) is 29.3 Å². The van der Waals surface area contributed by atoms with Gasteiger partial charge in [-0.15, -0.1) is 0 Å². The second kappa shape index (κ2) is 16.2. The number of carbonyl (C=O) groups is 2. The summed E-state index contributed by atoms with van der Waals surface area (Å²) >= 11 is 18.8. The van der Waals surface area contributed by atoms with E-state index < -0.39 is 28.5 Å². The number of nitrogens with one attached hydrogen (secondary N) is 1. The predicted octanol–water partition coefficient (Wildman–Crippen LogP) is 7.02. The van der Waals surface area contributed by atoms with Gasteiger partial charge >= 0.3 is 0 Å². The summed E-state index contributed by atoms with van der Waals surface area (Å²) < 4.78 is 34.5. The van der Waals surface area contributed by atoms with Crippen molar-refractivity contribution in [3.63, 3.8) is 0 Å². The number of anilines is 1. The number of hydrogen-bond donors (Lipinski definition) is 1. The molecule has 12 heteroatoms. The van der Waals surface area contributed by atoms with Crippen molar-refractivity contribution in [1.29, 1.82) is 0 Å². The van der Waals surface area contributed by atoms with Crippen LogP contribution in [0, 0.1) is 0 Å². The lowest BCUT2D eigenvalue weighted by atomic mass is 10.0. The zero-order chi connectivity index (χ0) is 33.3. The van der Waals surface area contributed by atoms with Crippen molar-refractivity contribution < 1.29 is 22.7 Å². The van der Waals surface area contributed by atoms with Gasteiger partial charge in [-0.25, -0.2) is 8.42 Å². The zero-order valence-electron chi connectivity index (χ0n) is 25.3. The van der Waals surface area contributed by atoms with Crippen LogP contribution in [0.2, 0.25) is 15.1 Å². The van der Waals surface area contributed by atoms with Gasteiger partial charge in [-0.3, -0.25) is 13.9 Å². The minimum Gasteiger partial charge on any atom is -0.497 e. The monoisotopic (exact) mass is 701 g/mol. The van der Waals surface area contributed by atoms with Gasteiger partial charge in [0.15, 0.2) is 0 Å². The van der Waals surface area contributed by atoms with E-state index in [4.69, 9.17) is 39.5 Å². The molecule has 46 heavy (non-hydrogen) atoms. The maximum atomic E-state index is 14.5. The molecule has 0 aromatic heterocycles. The second-order valence-electron chi connectivity index (χ2n) is 10.4. The predicted molar refractivity (Wildman–Crippen MR) is 183 cm³/mol. The molecule has 4 aromatic carbocycles. The number of nitrogens with zero attached hydrogens (tertiary/aromatic N) is 2. The highest BCUT2D eigenvalue weighted by Crippen LogP contribution is 2.29. The van der Waals surface area contributed by atoms with E-state index >= 15 is 0 Å². The number of methoxy groups -OCH3 is 1. The molecule has 0 heterocycles. The molecular weight excluding hydrogens is 669 g/mol. The van der Waals surface area contributed by atoms with Crippen LogP contribution in [0.3, 0.4) is 0 Å². The first-order chi connectivity index (χ1) is 22.0. The fraction of sp³-hybridized carbons (Fsp3) is 0.235. The molecule has 0 aliphatic heterocycles. The van der Waals surface area contributed by atoms with Crippen LogP contribution < -0.4 is 14.4 Å². The number of halogens is 3. The third kappa shape index (κ3) is 8.94. The van der Waals surface area contributed by atoms with E-state index in [1.54, 1.807) is 36.4 Å². The highest BCUT2D eigenvalue weighted by Gasteiger charge is 2.34. The van der Waals surface area contributed by atoms with Gasteiger partial charge in [0.2, 0.25) is 11.8 Å². The summed E-state index contributed by atoms with van der Waals surface area (Å²) in [4.78, 5) is 29.5. The number of hydrogen-bond acceptors (Lipinski definition) is 5. The Morgan fingerprint density at radius 1 is 0.848 bits per heavy atom. The highest BCUT2D eigenvalue weighted by molar-refractivity contribution is 7.92. The number of benzene rings is 4. The third-order valence-corrected chi connectivity index (χ3v) is 9.94. The first-order valence-corrected chi connectivity index (χ1v) is 17.1. The van der Waals surface area contributed by atoms with Crippen molar-refractivity contribution in [1.82, 2.24) is 10.2 Å². The summed E-state index contributed by atoms with van der Waals surface area (Å²) in [6.45, 7) is 1.67. The van der Waals surface area contributed by atoms with Crippen LogP contribution in [0.15, 0.2) is 102 Å². The summed E-state index contributed by atoms with van der Waals surface area (Å²) in [5.74, 6) is -0.513. The minimum atomic E-state index is -4.30. The molecule has 242 valence electrons. The Bertz CT molecular complexity index is 1760. The maximum absolute atomic E-state index is 14.5. The van der Waals surface area contributed by atoms with Gasteiger partial charge < -0.3 is 15.0 Å². The standard InChI is InChI=1S/C34H34Cl3N3O5S/c1-3-18-38-34(42)32(20-24-8-5-4-6-9-24)39(22-25-12-17-30(36)31(37)19-25)33(41)23-40(27-11-7-10-26(35)21-27)46(43,44)29-15-13-28(45-2)14-16-29/h4-17,19,21,32H,3,18,20,22-23H2,1-2H3,(H,38,42)/t32-/m0/s1. The van der Waals surface area contributed by atoms with Crippen LogP contribution in [-0.4, -0.2) is 51.4 Å². The van der Waals surface area contributed by atoms with Crippen molar-refractivity contribution in [3.8, 4) is 5.75 Å². The molecule has 0 bridgehead atoms. The first-order valence-electron chi connectivity index (χ1n) is 14.5. The molecule has 0 unspecified atom stereocenters. The van der Waals surface area contributed by atoms with Gasteiger partial charge in [-0.05, 0) is 72.1 Å². The van der Waals surface area contributed by atoms with Crippen molar-refractivity contribution in [3.05, 3.63) is 123 Å². The van der Waals surface area contributed by atoms with Crippen LogP contribution in [0.4, 0.5) is 5.69 Å². The average molecular weight is 703 g/mol. The molecule has 0 aliphatic rings. The Hall–Kier alpha value is -3.76. The third-order valence-electron chi connectivity index (χ3n) is 7.18. The molecule has 1 atom stereocenters. The van der Waals surface area contributed by atoms with E-state index in [1.165, 1.54) is 42.3 Å². The molecule has 2 amide bonds. The van der Waals surface area contributed by atoms with Crippen molar-refractivity contribution in [2.24, 2.45) is 0 Å². The summed E-state index contributed by atoms with van der Waals surface area (Å²) in [6, 6.07) is 25.3. The normalized spacial score (nSPS) is 11.8. The Kier molecular flexibility index (Phi) is 12.3. The van der Waals surface area contributed by atoms with Gasteiger partial charge in [0.1, 0.15) is 18.3 Å². The fourth-order valence-electron chi connectivity index (χ4n) is 4.79. The van der Waals surface area contributed by atoms with E-state index in [0.717, 1.165) is 9.87 Å². The summed E-state index contributed by atoms with van der Waals surface area (Å²) in [5.41, 5.74) is 1.61. The molecule has 4 aromatic rings. The lowest BCUT2D eigenvalue weighted by molar-refractivity contribution is -0.140. The number of sulfonamides is 1. The quantitative estimate of drug-likeness (QED) is 0.153. The smallest absolute Gasteiger partial charge is 0.264 e. The van der Waals surface area contributed by atoms with Crippen LogP contribution in [0.25, 0.3) is 0 Å². The molecule has 0 saturated carbocycles. The lowest BCUT2D eigenvalue weighted by Gasteiger charge is -2.34. The van der Waals surface area contributed by atoms with E-state index in [-0.39, 0.29) is 39.5 Å². The molecule has 8 nitrogen and oxygen atoms in total. The second-order valence-corrected chi connectivity index (χ2v) is 13.5. The maximum Gasteiger partial charge on any atom is 0.264 e. The lowest BCUT2D eigenvalue weighted by Crippen LogP contribution is -2.53. The molecule has 0 saturated heterocycles. The van der Waals surface area contributed by atoms with Crippen LogP contribution >= 0.6 is 34.8 Å². The summed E-state index contributed by atoms with van der Waals surface area (Å²) in [6.07, 6.45) is 0.874. The van der Waals surface area contributed by atoms with Gasteiger partial charge in [0.05, 0.1) is 27.7 Å². The van der Waals surface area contributed by atoms with Crippen molar-refractivity contribution >= 4 is 62.3 Å². The number of rotatable bonds is 14. The Balaban J connectivity index is 1.81. The topological polar surface area (TPSA) is 96.0 Å². The molecule has 1 N–H and O–H groups in total. The van der Waals surface area contributed by atoms with Crippen LogP contribution in [0.1, 0.15) is 24.5 Å². The molecule has 0 fully saturated rings. The first kappa shape index (κ1) is 35.1. The molecule has 0 radical (unpaired) electrons. The van der Waals surface area contributed by atoms with Gasteiger partial charge in [0.25, 0.3) is 10.0 Å². The Morgan fingerprint density at radius 2 is 1.57 bits per heavy atom. The number of carbonyl (C=O) groups excluding carboxylic acids is 2. The Labute approximate surface area is 284 Å². The van der Waals surface area contributed by atoms with Gasteiger partial charge in [-0.1, -0.05) is 84.2 Å². The molecule has 4 rings (SSSR count). The van der Waals surface area contributed by atoms with Crippen molar-refractivity contribution in [2.75, 3.05) is 24.5 Å². The minimum absolute atomic E-state index is 0.0429. The van der Waals surface area contributed by atoms with Crippen LogP contribution in [0.5, 0.6) is 5.75 Å². The summed E-state index contributed by atoms with van der Waals surface area (Å²) in [7, 11) is -2.82. The molecule has 0 aliphatic carbocycles. The van der Waals surface area contributed by atoms with E-state index in [1.807, 2.05) is 37.3 Å². The number of amides is 2. The average Bonchev–Trinajstić information content (AvgIpc) is 3.06. The fourth-order valence-corrected chi connectivity index (χ4v) is 6.70. The largest absolute Gasteiger partial charge is 0.497 e. The summed E-state index contributed by atoms with van der Waals surface area (Å²) in [5, 5.41) is 3.82. The molecular formula is C34H34Cl3N3O5S.